The van der Waals surface area contributed by atoms with Gasteiger partial charge in [-0.3, -0.25) is 4.79 Å². The minimum atomic E-state index is -0.247. The molecule has 3 aromatic carbocycles. The Hall–Kier alpha value is -4.19. The lowest BCUT2D eigenvalue weighted by Gasteiger charge is -2.14. The third-order valence-electron chi connectivity index (χ3n) is 5.75. The number of anilines is 1. The van der Waals surface area contributed by atoms with Crippen LogP contribution in [0.4, 0.5) is 5.69 Å². The van der Waals surface area contributed by atoms with Crippen LogP contribution in [0, 0.1) is 6.92 Å². The van der Waals surface area contributed by atoms with Crippen LogP contribution in [0.25, 0.3) is 27.7 Å². The Balaban J connectivity index is 1.77. The molecule has 4 aromatic rings. The first-order valence-corrected chi connectivity index (χ1v) is 10.8. The molecule has 0 saturated carbocycles. The van der Waals surface area contributed by atoms with Crippen molar-refractivity contribution in [1.82, 2.24) is 0 Å². The summed E-state index contributed by atoms with van der Waals surface area (Å²) in [4.78, 5) is 12.8. The highest BCUT2D eigenvalue weighted by Crippen LogP contribution is 2.42. The van der Waals surface area contributed by atoms with E-state index in [0.29, 0.717) is 17.2 Å². The first kappa shape index (κ1) is 23.0. The lowest BCUT2D eigenvalue weighted by molar-refractivity contribution is -0.111. The molecule has 1 heterocycles. The molecule has 0 bridgehead atoms. The van der Waals surface area contributed by atoms with Crippen molar-refractivity contribution in [3.63, 3.8) is 0 Å². The van der Waals surface area contributed by atoms with Gasteiger partial charge in [0.05, 0.1) is 27.6 Å². The third-order valence-corrected chi connectivity index (χ3v) is 5.75. The Morgan fingerprint density at radius 2 is 1.74 bits per heavy atom. The lowest BCUT2D eigenvalue weighted by atomic mass is 9.96. The summed E-state index contributed by atoms with van der Waals surface area (Å²) >= 11 is 0. The molecule has 1 aromatic heterocycles. The van der Waals surface area contributed by atoms with Crippen molar-refractivity contribution in [2.75, 3.05) is 26.6 Å². The molecule has 0 atom stereocenters. The van der Waals surface area contributed by atoms with E-state index in [1.165, 1.54) is 0 Å². The predicted octanol–water partition coefficient (Wildman–Crippen LogP) is 6.48. The summed E-state index contributed by atoms with van der Waals surface area (Å²) in [5, 5.41) is 3.80. The van der Waals surface area contributed by atoms with Gasteiger partial charge in [0.15, 0.2) is 0 Å². The highest BCUT2D eigenvalue weighted by molar-refractivity contribution is 6.06. The second kappa shape index (κ2) is 9.75. The van der Waals surface area contributed by atoms with Gasteiger partial charge in [-0.2, -0.15) is 0 Å². The summed E-state index contributed by atoms with van der Waals surface area (Å²) < 4.78 is 22.5. The fraction of sp³-hybridized carbons (Fsp3) is 0.179. The number of hydrogen-bond donors (Lipinski definition) is 1. The summed E-state index contributed by atoms with van der Waals surface area (Å²) in [6.45, 7) is 3.83. The van der Waals surface area contributed by atoms with E-state index in [9.17, 15) is 4.79 Å². The van der Waals surface area contributed by atoms with Crippen molar-refractivity contribution in [3.8, 4) is 28.4 Å². The quantitative estimate of drug-likeness (QED) is 0.322. The molecular weight excluding hydrogens is 430 g/mol. The number of carbonyl (C=O) groups is 1. The second-order valence-corrected chi connectivity index (χ2v) is 7.86. The number of carbonyl (C=O) groups excluding carboxylic acids is 1. The largest absolute Gasteiger partial charge is 0.497 e. The van der Waals surface area contributed by atoms with Crippen molar-refractivity contribution < 1.29 is 23.4 Å². The van der Waals surface area contributed by atoms with E-state index in [4.69, 9.17) is 18.6 Å². The number of hydrogen-bond acceptors (Lipinski definition) is 5. The van der Waals surface area contributed by atoms with Crippen LogP contribution in [0.5, 0.6) is 17.2 Å². The number of rotatable bonds is 7. The third kappa shape index (κ3) is 4.35. The van der Waals surface area contributed by atoms with Gasteiger partial charge in [0.2, 0.25) is 5.91 Å². The van der Waals surface area contributed by atoms with Crippen LogP contribution in [0.15, 0.2) is 71.4 Å². The van der Waals surface area contributed by atoms with Crippen LogP contribution < -0.4 is 19.5 Å². The van der Waals surface area contributed by atoms with Crippen molar-refractivity contribution in [3.05, 3.63) is 78.1 Å². The van der Waals surface area contributed by atoms with E-state index in [2.05, 4.69) is 5.32 Å². The maximum Gasteiger partial charge on any atom is 0.248 e. The van der Waals surface area contributed by atoms with Crippen LogP contribution in [0.1, 0.15) is 18.1 Å². The standard InChI is InChI=1S/C28H27NO5/c1-17(13-26(30)29-19-9-8-10-20(14-19)31-3)22-15-23-24(21-11-6-7-12-25(21)32-4)16-34-28(23)18(2)27(22)33-5/h6-16H,1-5H3,(H,29,30)/b17-13+. The van der Waals surface area contributed by atoms with Crippen LogP contribution in [0.2, 0.25) is 0 Å². The Bertz CT molecular complexity index is 1380. The molecule has 0 spiro atoms. The normalized spacial score (nSPS) is 11.4. The van der Waals surface area contributed by atoms with Gasteiger partial charge in [0, 0.05) is 45.5 Å². The van der Waals surface area contributed by atoms with Crippen molar-refractivity contribution in [2.45, 2.75) is 13.8 Å². The van der Waals surface area contributed by atoms with E-state index >= 15 is 0 Å². The number of ether oxygens (including phenoxy) is 3. The topological polar surface area (TPSA) is 69.9 Å². The summed E-state index contributed by atoms with van der Waals surface area (Å²) in [6, 6.07) is 17.0. The molecule has 174 valence electrons. The summed E-state index contributed by atoms with van der Waals surface area (Å²) in [5.41, 5.74) is 5.65. The molecule has 6 heteroatoms. The summed E-state index contributed by atoms with van der Waals surface area (Å²) in [7, 11) is 4.85. The van der Waals surface area contributed by atoms with Gasteiger partial charge in [-0.1, -0.05) is 24.3 Å². The highest BCUT2D eigenvalue weighted by Gasteiger charge is 2.20. The van der Waals surface area contributed by atoms with Crippen LogP contribution in [0.3, 0.4) is 0 Å². The number of furan rings is 1. The zero-order valence-electron chi connectivity index (χ0n) is 19.9. The fourth-order valence-electron chi connectivity index (χ4n) is 4.10. The number of allylic oxidation sites excluding steroid dienone is 1. The molecule has 0 aliphatic rings. The first-order chi connectivity index (χ1) is 16.5. The zero-order chi connectivity index (χ0) is 24.2. The number of nitrogens with one attached hydrogen (secondary N) is 1. The number of benzene rings is 3. The Morgan fingerprint density at radius 3 is 2.47 bits per heavy atom. The number of para-hydroxylation sites is 1. The Labute approximate surface area is 198 Å². The molecule has 6 nitrogen and oxygen atoms in total. The SMILES string of the molecule is COc1cccc(NC(=O)/C=C(\C)c2cc3c(-c4ccccc4OC)coc3c(C)c2OC)c1. The Morgan fingerprint density at radius 1 is 0.941 bits per heavy atom. The number of aryl methyl sites for hydroxylation is 1. The van der Waals surface area contributed by atoms with Gasteiger partial charge >= 0.3 is 0 Å². The molecule has 1 amide bonds. The monoisotopic (exact) mass is 457 g/mol. The summed E-state index contributed by atoms with van der Waals surface area (Å²) in [6.07, 6.45) is 3.29. The predicted molar refractivity (Wildman–Crippen MR) is 135 cm³/mol. The van der Waals surface area contributed by atoms with Crippen molar-refractivity contribution in [2.24, 2.45) is 0 Å². The van der Waals surface area contributed by atoms with Crippen LogP contribution >= 0.6 is 0 Å². The van der Waals surface area contributed by atoms with Gasteiger partial charge in [0.25, 0.3) is 0 Å². The average molecular weight is 458 g/mol. The molecule has 0 saturated heterocycles. The van der Waals surface area contributed by atoms with E-state index in [0.717, 1.165) is 44.5 Å². The molecule has 0 aliphatic carbocycles. The van der Waals surface area contributed by atoms with Crippen molar-refractivity contribution >= 4 is 28.1 Å². The van der Waals surface area contributed by atoms with E-state index in [1.54, 1.807) is 39.7 Å². The number of fused-ring (bicyclic) bond motifs is 1. The smallest absolute Gasteiger partial charge is 0.248 e. The minimum absolute atomic E-state index is 0.247. The zero-order valence-corrected chi connectivity index (χ0v) is 19.9. The van der Waals surface area contributed by atoms with Crippen LogP contribution in [-0.2, 0) is 4.79 Å². The van der Waals surface area contributed by atoms with Crippen molar-refractivity contribution in [1.29, 1.82) is 0 Å². The fourth-order valence-corrected chi connectivity index (χ4v) is 4.10. The van der Waals surface area contributed by atoms with Gasteiger partial charge in [-0.05, 0) is 43.7 Å². The molecule has 0 radical (unpaired) electrons. The van der Waals surface area contributed by atoms with E-state index in [1.807, 2.05) is 62.4 Å². The molecule has 34 heavy (non-hydrogen) atoms. The minimum Gasteiger partial charge on any atom is -0.497 e. The number of methoxy groups -OCH3 is 3. The molecule has 0 fully saturated rings. The molecular formula is C28H27NO5. The van der Waals surface area contributed by atoms with Gasteiger partial charge in [-0.15, -0.1) is 0 Å². The van der Waals surface area contributed by atoms with Gasteiger partial charge in [0.1, 0.15) is 22.8 Å². The molecule has 0 aliphatic heterocycles. The first-order valence-electron chi connectivity index (χ1n) is 10.8. The van der Waals surface area contributed by atoms with E-state index in [-0.39, 0.29) is 5.91 Å². The average Bonchev–Trinajstić information content (AvgIpc) is 3.28. The van der Waals surface area contributed by atoms with Gasteiger partial charge in [-0.25, -0.2) is 0 Å². The van der Waals surface area contributed by atoms with Gasteiger partial charge < -0.3 is 23.9 Å². The molecule has 1 N–H and O–H groups in total. The maximum atomic E-state index is 12.8. The number of amides is 1. The highest BCUT2D eigenvalue weighted by atomic mass is 16.5. The molecule has 0 unspecified atom stereocenters. The Kier molecular flexibility index (Phi) is 6.59. The maximum absolute atomic E-state index is 12.8. The second-order valence-electron chi connectivity index (χ2n) is 7.86. The summed E-state index contributed by atoms with van der Waals surface area (Å²) in [5.74, 6) is 1.84. The lowest BCUT2D eigenvalue weighted by Crippen LogP contribution is -2.08. The van der Waals surface area contributed by atoms with E-state index < -0.39 is 0 Å². The molecule has 4 rings (SSSR count). The van der Waals surface area contributed by atoms with Crippen LogP contribution in [-0.4, -0.2) is 27.2 Å².